The van der Waals surface area contributed by atoms with E-state index in [9.17, 15) is 15.0 Å². The second-order valence-corrected chi connectivity index (χ2v) is 4.67. The van der Waals surface area contributed by atoms with E-state index in [2.05, 4.69) is 4.90 Å². The normalized spacial score (nSPS) is 25.0. The highest BCUT2D eigenvalue weighted by atomic mass is 16.5. The van der Waals surface area contributed by atoms with Crippen LogP contribution in [-0.2, 0) is 9.53 Å². The lowest BCUT2D eigenvalue weighted by Gasteiger charge is -2.39. The van der Waals surface area contributed by atoms with Gasteiger partial charge in [-0.1, -0.05) is 0 Å². The van der Waals surface area contributed by atoms with E-state index >= 15 is 0 Å². The molecule has 0 spiro atoms. The Kier molecular flexibility index (Phi) is 4.29. The number of hydrogen-bond acceptors (Lipinski definition) is 4. The van der Waals surface area contributed by atoms with Gasteiger partial charge in [-0.25, -0.2) is 4.79 Å². The second kappa shape index (κ2) is 5.12. The van der Waals surface area contributed by atoms with Crippen LogP contribution in [0.2, 0.25) is 0 Å². The van der Waals surface area contributed by atoms with Crippen LogP contribution in [0.3, 0.4) is 0 Å². The number of nitrogens with zero attached hydrogens (tertiary/aromatic N) is 1. The SMILES string of the molecule is CC(O)C(C)OC1(C(=O)O)CCN(C)CC1. The van der Waals surface area contributed by atoms with Crippen molar-refractivity contribution in [1.82, 2.24) is 4.90 Å². The van der Waals surface area contributed by atoms with Crippen LogP contribution in [0.1, 0.15) is 26.7 Å². The number of carboxylic acid groups (broad SMARTS) is 1. The second-order valence-electron chi connectivity index (χ2n) is 4.67. The van der Waals surface area contributed by atoms with Crippen molar-refractivity contribution < 1.29 is 19.7 Å². The Morgan fingerprint density at radius 1 is 1.38 bits per heavy atom. The fourth-order valence-electron chi connectivity index (χ4n) is 1.82. The molecule has 94 valence electrons. The summed E-state index contributed by atoms with van der Waals surface area (Å²) >= 11 is 0. The molecule has 0 aromatic carbocycles. The maximum absolute atomic E-state index is 11.3. The predicted molar refractivity (Wildman–Crippen MR) is 59.3 cm³/mol. The largest absolute Gasteiger partial charge is 0.479 e. The van der Waals surface area contributed by atoms with E-state index in [0.717, 1.165) is 0 Å². The van der Waals surface area contributed by atoms with Gasteiger partial charge in [0.1, 0.15) is 0 Å². The molecule has 0 aliphatic carbocycles. The monoisotopic (exact) mass is 231 g/mol. The van der Waals surface area contributed by atoms with Crippen molar-refractivity contribution in [3.05, 3.63) is 0 Å². The van der Waals surface area contributed by atoms with Gasteiger partial charge in [-0.2, -0.15) is 0 Å². The Morgan fingerprint density at radius 2 is 1.88 bits per heavy atom. The molecular formula is C11H21NO4. The van der Waals surface area contributed by atoms with Gasteiger partial charge in [-0.3, -0.25) is 0 Å². The van der Waals surface area contributed by atoms with Crippen molar-refractivity contribution in [3.63, 3.8) is 0 Å². The lowest BCUT2D eigenvalue weighted by atomic mass is 9.91. The summed E-state index contributed by atoms with van der Waals surface area (Å²) in [6, 6.07) is 0. The van der Waals surface area contributed by atoms with Crippen LogP contribution in [0.25, 0.3) is 0 Å². The molecule has 16 heavy (non-hydrogen) atoms. The van der Waals surface area contributed by atoms with Gasteiger partial charge in [0, 0.05) is 13.1 Å². The van der Waals surface area contributed by atoms with E-state index in [4.69, 9.17) is 4.74 Å². The van der Waals surface area contributed by atoms with Crippen molar-refractivity contribution in [2.75, 3.05) is 20.1 Å². The van der Waals surface area contributed by atoms with Crippen molar-refractivity contribution in [2.45, 2.75) is 44.5 Å². The van der Waals surface area contributed by atoms with Crippen LogP contribution < -0.4 is 0 Å². The zero-order chi connectivity index (χ0) is 12.3. The summed E-state index contributed by atoms with van der Waals surface area (Å²) in [5, 5.41) is 18.7. The number of aliphatic hydroxyl groups excluding tert-OH is 1. The smallest absolute Gasteiger partial charge is 0.336 e. The summed E-state index contributed by atoms with van der Waals surface area (Å²) in [5.74, 6) is -0.923. The Bertz CT molecular complexity index is 246. The molecule has 0 radical (unpaired) electrons. The van der Waals surface area contributed by atoms with Gasteiger partial charge in [-0.15, -0.1) is 0 Å². The van der Waals surface area contributed by atoms with E-state index in [-0.39, 0.29) is 0 Å². The molecule has 2 unspecified atom stereocenters. The number of ether oxygens (including phenoxy) is 1. The van der Waals surface area contributed by atoms with Gasteiger partial charge in [0.2, 0.25) is 0 Å². The molecule has 0 amide bonds. The molecule has 1 heterocycles. The zero-order valence-electron chi connectivity index (χ0n) is 10.1. The van der Waals surface area contributed by atoms with Gasteiger partial charge in [0.15, 0.2) is 5.60 Å². The predicted octanol–water partition coefficient (Wildman–Crippen LogP) is 0.321. The first-order valence-electron chi connectivity index (χ1n) is 5.65. The summed E-state index contributed by atoms with van der Waals surface area (Å²) in [4.78, 5) is 13.4. The van der Waals surface area contributed by atoms with Crippen molar-refractivity contribution in [2.24, 2.45) is 0 Å². The lowest BCUT2D eigenvalue weighted by molar-refractivity contribution is -0.188. The van der Waals surface area contributed by atoms with Crippen LogP contribution in [0.4, 0.5) is 0 Å². The first kappa shape index (κ1) is 13.4. The topological polar surface area (TPSA) is 70.0 Å². The number of likely N-dealkylation sites (tertiary alicyclic amines) is 1. The molecule has 5 nitrogen and oxygen atoms in total. The molecule has 0 aromatic rings. The number of piperidine rings is 1. The zero-order valence-corrected chi connectivity index (χ0v) is 10.1. The van der Waals surface area contributed by atoms with Crippen molar-refractivity contribution in [3.8, 4) is 0 Å². The van der Waals surface area contributed by atoms with Gasteiger partial charge < -0.3 is 19.8 Å². The summed E-state index contributed by atoms with van der Waals surface area (Å²) in [5.41, 5.74) is -1.12. The molecular weight excluding hydrogens is 210 g/mol. The Labute approximate surface area is 96.0 Å². The maximum atomic E-state index is 11.3. The Balaban J connectivity index is 2.70. The van der Waals surface area contributed by atoms with Crippen molar-refractivity contribution in [1.29, 1.82) is 0 Å². The minimum atomic E-state index is -1.12. The number of aliphatic hydroxyl groups is 1. The van der Waals surface area contributed by atoms with Crippen LogP contribution >= 0.6 is 0 Å². The molecule has 1 saturated heterocycles. The molecule has 1 aliphatic rings. The third-order valence-corrected chi connectivity index (χ3v) is 3.28. The first-order chi connectivity index (χ1) is 7.37. The standard InChI is InChI=1S/C11H21NO4/c1-8(13)9(2)16-11(10(14)15)4-6-12(3)7-5-11/h8-9,13H,4-7H2,1-3H3,(H,14,15). The van der Waals surface area contributed by atoms with Crippen LogP contribution in [-0.4, -0.2) is 59.0 Å². The lowest BCUT2D eigenvalue weighted by Crippen LogP contribution is -2.52. The van der Waals surface area contributed by atoms with Gasteiger partial charge in [-0.05, 0) is 33.7 Å². The van der Waals surface area contributed by atoms with E-state index in [0.29, 0.717) is 25.9 Å². The minimum Gasteiger partial charge on any atom is -0.479 e. The first-order valence-corrected chi connectivity index (χ1v) is 5.65. The van der Waals surface area contributed by atoms with Gasteiger partial charge in [0.05, 0.1) is 12.2 Å². The average molecular weight is 231 g/mol. The number of rotatable bonds is 4. The van der Waals surface area contributed by atoms with E-state index in [1.807, 2.05) is 7.05 Å². The average Bonchev–Trinajstić information content (AvgIpc) is 2.21. The van der Waals surface area contributed by atoms with E-state index < -0.39 is 23.8 Å². The van der Waals surface area contributed by atoms with Crippen molar-refractivity contribution >= 4 is 5.97 Å². The number of hydrogen-bond donors (Lipinski definition) is 2. The molecule has 2 N–H and O–H groups in total. The minimum absolute atomic E-state index is 0.459. The molecule has 1 fully saturated rings. The summed E-state index contributed by atoms with van der Waals surface area (Å²) < 4.78 is 5.57. The maximum Gasteiger partial charge on any atom is 0.336 e. The molecule has 5 heteroatoms. The molecule has 2 atom stereocenters. The van der Waals surface area contributed by atoms with Crippen LogP contribution in [0.5, 0.6) is 0 Å². The number of carbonyl (C=O) groups is 1. The van der Waals surface area contributed by atoms with E-state index in [1.165, 1.54) is 0 Å². The summed E-state index contributed by atoms with van der Waals surface area (Å²) in [7, 11) is 1.96. The molecule has 1 aliphatic heterocycles. The third kappa shape index (κ3) is 2.93. The molecule has 1 rings (SSSR count). The van der Waals surface area contributed by atoms with Gasteiger partial charge >= 0.3 is 5.97 Å². The molecule has 0 saturated carbocycles. The summed E-state index contributed by atoms with van der Waals surface area (Å²) in [6.07, 6.45) is -0.179. The Hall–Kier alpha value is -0.650. The van der Waals surface area contributed by atoms with Gasteiger partial charge in [0.25, 0.3) is 0 Å². The quantitative estimate of drug-likeness (QED) is 0.729. The number of carboxylic acids is 1. The van der Waals surface area contributed by atoms with E-state index in [1.54, 1.807) is 13.8 Å². The highest BCUT2D eigenvalue weighted by molar-refractivity contribution is 5.77. The number of aliphatic carboxylic acids is 1. The molecule has 0 bridgehead atoms. The highest BCUT2D eigenvalue weighted by Gasteiger charge is 2.43. The highest BCUT2D eigenvalue weighted by Crippen LogP contribution is 2.28. The summed E-state index contributed by atoms with van der Waals surface area (Å²) in [6.45, 7) is 4.72. The fourth-order valence-corrected chi connectivity index (χ4v) is 1.82. The fraction of sp³-hybridized carbons (Fsp3) is 0.909. The van der Waals surface area contributed by atoms with Crippen LogP contribution in [0, 0.1) is 0 Å². The third-order valence-electron chi connectivity index (χ3n) is 3.28. The molecule has 0 aromatic heterocycles. The van der Waals surface area contributed by atoms with Crippen LogP contribution in [0.15, 0.2) is 0 Å². The Morgan fingerprint density at radius 3 is 2.25 bits per heavy atom.